The number of rotatable bonds is 9. The van der Waals surface area contributed by atoms with E-state index in [1.807, 2.05) is 67.6 Å². The summed E-state index contributed by atoms with van der Waals surface area (Å²) < 4.78 is 11.0. The van der Waals surface area contributed by atoms with Crippen LogP contribution in [0.25, 0.3) is 11.1 Å². The number of carbonyl (C=O) groups excluding carboxylic acids is 1. The molecule has 0 saturated carbocycles. The van der Waals surface area contributed by atoms with Crippen LogP contribution in [0.1, 0.15) is 23.6 Å². The van der Waals surface area contributed by atoms with E-state index in [9.17, 15) is 9.59 Å². The van der Waals surface area contributed by atoms with Crippen molar-refractivity contribution >= 4 is 12.1 Å². The number of carboxylic acids is 1. The summed E-state index contributed by atoms with van der Waals surface area (Å²) in [6.07, 6.45) is -0.468. The summed E-state index contributed by atoms with van der Waals surface area (Å²) in [6, 6.07) is 22.6. The highest BCUT2D eigenvalue weighted by atomic mass is 16.6. The minimum atomic E-state index is -0.896. The van der Waals surface area contributed by atoms with Crippen molar-refractivity contribution in [3.63, 3.8) is 0 Å². The van der Waals surface area contributed by atoms with E-state index in [0.29, 0.717) is 24.4 Å². The largest absolute Gasteiger partial charge is 0.496 e. The van der Waals surface area contributed by atoms with Crippen molar-refractivity contribution in [1.82, 2.24) is 4.90 Å². The van der Waals surface area contributed by atoms with Gasteiger partial charge in [-0.1, -0.05) is 60.7 Å². The third-order valence-electron chi connectivity index (χ3n) is 5.13. The van der Waals surface area contributed by atoms with Gasteiger partial charge in [0, 0.05) is 18.7 Å². The Morgan fingerprint density at radius 3 is 2.31 bits per heavy atom. The molecule has 0 spiro atoms. The average molecular weight is 434 g/mol. The number of ether oxygens (including phenoxy) is 2. The smallest absolute Gasteiger partial charge is 0.410 e. The molecule has 0 aliphatic heterocycles. The van der Waals surface area contributed by atoms with E-state index in [-0.39, 0.29) is 13.0 Å². The SMILES string of the molecule is CCN(Cc1ccccc1-c1cc(CC(=O)O)ccc1OC)C(=O)OCc1ccccc1. The van der Waals surface area contributed by atoms with Crippen molar-refractivity contribution in [2.24, 2.45) is 0 Å². The Morgan fingerprint density at radius 1 is 0.906 bits per heavy atom. The minimum Gasteiger partial charge on any atom is -0.496 e. The third-order valence-corrected chi connectivity index (χ3v) is 5.13. The van der Waals surface area contributed by atoms with Crippen molar-refractivity contribution in [3.8, 4) is 16.9 Å². The van der Waals surface area contributed by atoms with E-state index in [4.69, 9.17) is 14.6 Å². The first kappa shape index (κ1) is 22.9. The monoisotopic (exact) mass is 433 g/mol. The second-order valence-corrected chi connectivity index (χ2v) is 7.32. The second-order valence-electron chi connectivity index (χ2n) is 7.32. The summed E-state index contributed by atoms with van der Waals surface area (Å²) in [5.41, 5.74) is 4.19. The number of amides is 1. The Bertz CT molecular complexity index is 1060. The Labute approximate surface area is 188 Å². The number of carbonyl (C=O) groups is 2. The van der Waals surface area contributed by atoms with Crippen LogP contribution in [0.15, 0.2) is 72.8 Å². The topological polar surface area (TPSA) is 76.1 Å². The summed E-state index contributed by atoms with van der Waals surface area (Å²) in [7, 11) is 1.58. The molecule has 6 heteroatoms. The fraction of sp³-hybridized carbons (Fsp3) is 0.231. The molecule has 6 nitrogen and oxygen atoms in total. The zero-order valence-electron chi connectivity index (χ0n) is 18.3. The van der Waals surface area contributed by atoms with Gasteiger partial charge in [-0.15, -0.1) is 0 Å². The fourth-order valence-corrected chi connectivity index (χ4v) is 3.49. The van der Waals surface area contributed by atoms with Crippen molar-refractivity contribution < 1.29 is 24.2 Å². The van der Waals surface area contributed by atoms with Gasteiger partial charge >= 0.3 is 12.1 Å². The predicted molar refractivity (Wildman–Crippen MR) is 122 cm³/mol. The lowest BCUT2D eigenvalue weighted by atomic mass is 9.96. The average Bonchev–Trinajstić information content (AvgIpc) is 2.81. The van der Waals surface area contributed by atoms with Gasteiger partial charge in [0.05, 0.1) is 13.5 Å². The molecule has 0 unspecified atom stereocenters. The number of benzene rings is 3. The van der Waals surface area contributed by atoms with Crippen molar-refractivity contribution in [2.75, 3.05) is 13.7 Å². The first-order valence-electron chi connectivity index (χ1n) is 10.4. The van der Waals surface area contributed by atoms with Crippen LogP contribution in [0.4, 0.5) is 4.79 Å². The molecule has 3 rings (SSSR count). The van der Waals surface area contributed by atoms with Crippen molar-refractivity contribution in [2.45, 2.75) is 26.5 Å². The van der Waals surface area contributed by atoms with Crippen LogP contribution in [-0.4, -0.2) is 35.7 Å². The number of nitrogens with zero attached hydrogens (tertiary/aromatic N) is 1. The van der Waals surface area contributed by atoms with Crippen LogP contribution < -0.4 is 4.74 Å². The van der Waals surface area contributed by atoms with Gasteiger partial charge in [-0.05, 0) is 41.3 Å². The van der Waals surface area contributed by atoms with Gasteiger partial charge in [0.2, 0.25) is 0 Å². The molecule has 0 radical (unpaired) electrons. The van der Waals surface area contributed by atoms with Crippen LogP contribution in [0.2, 0.25) is 0 Å². The molecular formula is C26H27NO5. The molecule has 0 saturated heterocycles. The number of carboxylic acid groups (broad SMARTS) is 1. The van der Waals surface area contributed by atoms with Gasteiger partial charge < -0.3 is 19.5 Å². The van der Waals surface area contributed by atoms with Gasteiger partial charge in [-0.3, -0.25) is 4.79 Å². The zero-order chi connectivity index (χ0) is 22.9. The number of aliphatic carboxylic acids is 1. The Hall–Kier alpha value is -3.80. The van der Waals surface area contributed by atoms with Gasteiger partial charge in [-0.25, -0.2) is 4.79 Å². The van der Waals surface area contributed by atoms with Gasteiger partial charge in [0.1, 0.15) is 12.4 Å². The standard InChI is InChI=1S/C26H27NO5/c1-3-27(26(30)32-18-19-9-5-4-6-10-19)17-21-11-7-8-12-22(21)23-15-20(16-25(28)29)13-14-24(23)31-2/h4-15H,3,16-18H2,1-2H3,(H,28,29). The van der Waals surface area contributed by atoms with Crippen LogP contribution in [0.5, 0.6) is 5.75 Å². The lowest BCUT2D eigenvalue weighted by molar-refractivity contribution is -0.136. The Balaban J connectivity index is 1.84. The molecule has 32 heavy (non-hydrogen) atoms. The number of hydrogen-bond acceptors (Lipinski definition) is 4. The van der Waals surface area contributed by atoms with E-state index in [0.717, 1.165) is 22.3 Å². The second kappa shape index (κ2) is 11.0. The van der Waals surface area contributed by atoms with Crippen LogP contribution >= 0.6 is 0 Å². The maximum absolute atomic E-state index is 12.7. The first-order chi connectivity index (χ1) is 15.5. The van der Waals surface area contributed by atoms with Crippen molar-refractivity contribution in [3.05, 3.63) is 89.5 Å². The zero-order valence-corrected chi connectivity index (χ0v) is 18.3. The van der Waals surface area contributed by atoms with Gasteiger partial charge in [0.15, 0.2) is 0 Å². The van der Waals surface area contributed by atoms with E-state index in [2.05, 4.69) is 0 Å². The maximum atomic E-state index is 12.7. The number of hydrogen-bond donors (Lipinski definition) is 1. The molecule has 3 aromatic rings. The van der Waals surface area contributed by atoms with E-state index >= 15 is 0 Å². The van der Waals surface area contributed by atoms with Crippen molar-refractivity contribution in [1.29, 1.82) is 0 Å². The Kier molecular flexibility index (Phi) is 7.86. The molecule has 0 heterocycles. The molecule has 0 bridgehead atoms. The molecule has 0 aliphatic rings. The lowest BCUT2D eigenvalue weighted by Crippen LogP contribution is -2.31. The van der Waals surface area contributed by atoms with E-state index in [1.165, 1.54) is 0 Å². The van der Waals surface area contributed by atoms with E-state index in [1.54, 1.807) is 24.1 Å². The first-order valence-corrected chi connectivity index (χ1v) is 10.4. The maximum Gasteiger partial charge on any atom is 0.410 e. The quantitative estimate of drug-likeness (QED) is 0.505. The molecule has 0 atom stereocenters. The summed E-state index contributed by atoms with van der Waals surface area (Å²) >= 11 is 0. The summed E-state index contributed by atoms with van der Waals surface area (Å²) in [5.74, 6) is -0.256. The normalized spacial score (nSPS) is 10.4. The molecule has 0 fully saturated rings. The molecule has 166 valence electrons. The van der Waals surface area contributed by atoms with Crippen LogP contribution in [0.3, 0.4) is 0 Å². The molecular weight excluding hydrogens is 406 g/mol. The van der Waals surface area contributed by atoms with Gasteiger partial charge in [0.25, 0.3) is 0 Å². The van der Waals surface area contributed by atoms with Gasteiger partial charge in [-0.2, -0.15) is 0 Å². The van der Waals surface area contributed by atoms with Crippen LogP contribution in [0, 0.1) is 0 Å². The molecule has 1 amide bonds. The molecule has 0 aliphatic carbocycles. The minimum absolute atomic E-state index is 0.0773. The molecule has 3 aromatic carbocycles. The number of methoxy groups -OCH3 is 1. The fourth-order valence-electron chi connectivity index (χ4n) is 3.49. The highest BCUT2D eigenvalue weighted by Gasteiger charge is 2.18. The Morgan fingerprint density at radius 2 is 1.62 bits per heavy atom. The van der Waals surface area contributed by atoms with E-state index < -0.39 is 12.1 Å². The third kappa shape index (κ3) is 5.88. The summed E-state index contributed by atoms with van der Waals surface area (Å²) in [6.45, 7) is 2.95. The summed E-state index contributed by atoms with van der Waals surface area (Å²) in [5, 5.41) is 9.16. The highest BCUT2D eigenvalue weighted by Crippen LogP contribution is 2.34. The predicted octanol–water partition coefficient (Wildman–Crippen LogP) is 5.15. The lowest BCUT2D eigenvalue weighted by Gasteiger charge is -2.22. The van der Waals surface area contributed by atoms with Crippen LogP contribution in [-0.2, 0) is 29.1 Å². The summed E-state index contributed by atoms with van der Waals surface area (Å²) in [4.78, 5) is 25.5. The molecule has 0 aromatic heterocycles. The molecule has 1 N–H and O–H groups in total. The highest BCUT2D eigenvalue weighted by molar-refractivity contribution is 5.77.